The molecule has 0 atom stereocenters. The molecule has 3 aromatic rings. The minimum absolute atomic E-state index is 0.00178. The van der Waals surface area contributed by atoms with Gasteiger partial charge in [-0.3, -0.25) is 14.9 Å². The molecule has 0 aliphatic heterocycles. The van der Waals surface area contributed by atoms with E-state index in [2.05, 4.69) is 5.32 Å². The highest BCUT2D eigenvalue weighted by molar-refractivity contribution is 6.33. The number of halogens is 2. The van der Waals surface area contributed by atoms with E-state index in [1.807, 2.05) is 0 Å². The van der Waals surface area contributed by atoms with Crippen molar-refractivity contribution in [1.29, 1.82) is 0 Å². The minimum Gasteiger partial charge on any atom is -0.451 e. The van der Waals surface area contributed by atoms with Crippen molar-refractivity contribution in [3.63, 3.8) is 0 Å². The SMILES string of the molecule is Cc1ccc(F)cc1NC(=O)c1ccc(-c2ccc([N+](=O)[O-])cc2Cl)o1. The normalized spacial score (nSPS) is 10.6. The van der Waals surface area contributed by atoms with Crippen LogP contribution in [0.4, 0.5) is 15.8 Å². The van der Waals surface area contributed by atoms with Crippen LogP contribution in [0.1, 0.15) is 16.1 Å². The van der Waals surface area contributed by atoms with Crippen LogP contribution in [0.15, 0.2) is 52.9 Å². The summed E-state index contributed by atoms with van der Waals surface area (Å²) in [4.78, 5) is 22.5. The van der Waals surface area contributed by atoms with Crippen LogP contribution < -0.4 is 5.32 Å². The molecule has 132 valence electrons. The van der Waals surface area contributed by atoms with Gasteiger partial charge < -0.3 is 9.73 Å². The van der Waals surface area contributed by atoms with Crippen LogP contribution in [-0.4, -0.2) is 10.8 Å². The van der Waals surface area contributed by atoms with E-state index in [1.165, 1.54) is 42.5 Å². The maximum absolute atomic E-state index is 13.3. The minimum atomic E-state index is -0.558. The van der Waals surface area contributed by atoms with E-state index in [1.54, 1.807) is 13.0 Å². The van der Waals surface area contributed by atoms with Crippen molar-refractivity contribution in [3.8, 4) is 11.3 Å². The van der Waals surface area contributed by atoms with Gasteiger partial charge in [0.1, 0.15) is 11.6 Å². The van der Waals surface area contributed by atoms with Gasteiger partial charge in [0.15, 0.2) is 5.76 Å². The number of furan rings is 1. The molecule has 0 aliphatic rings. The largest absolute Gasteiger partial charge is 0.451 e. The topological polar surface area (TPSA) is 85.4 Å². The summed E-state index contributed by atoms with van der Waals surface area (Å²) in [5.41, 5.74) is 1.30. The van der Waals surface area contributed by atoms with Crippen LogP contribution in [0.5, 0.6) is 0 Å². The number of nitrogens with one attached hydrogen (secondary N) is 1. The molecule has 0 fully saturated rings. The third-order valence-corrected chi connectivity index (χ3v) is 4.02. The average Bonchev–Trinajstić information content (AvgIpc) is 3.08. The smallest absolute Gasteiger partial charge is 0.291 e. The molecule has 0 saturated heterocycles. The number of carbonyl (C=O) groups excluding carboxylic acids is 1. The lowest BCUT2D eigenvalue weighted by Gasteiger charge is -2.07. The number of anilines is 1. The van der Waals surface area contributed by atoms with E-state index in [9.17, 15) is 19.3 Å². The maximum atomic E-state index is 13.3. The van der Waals surface area contributed by atoms with Gasteiger partial charge in [-0.25, -0.2) is 4.39 Å². The van der Waals surface area contributed by atoms with Crippen molar-refractivity contribution in [1.82, 2.24) is 0 Å². The first kappa shape index (κ1) is 17.6. The number of nitro benzene ring substituents is 1. The second-order valence-electron chi connectivity index (χ2n) is 5.50. The van der Waals surface area contributed by atoms with Crippen LogP contribution >= 0.6 is 11.6 Å². The molecule has 26 heavy (non-hydrogen) atoms. The van der Waals surface area contributed by atoms with Crippen molar-refractivity contribution >= 4 is 28.9 Å². The summed E-state index contributed by atoms with van der Waals surface area (Å²) in [6, 6.07) is 11.0. The van der Waals surface area contributed by atoms with Gasteiger partial charge in [-0.1, -0.05) is 17.7 Å². The monoisotopic (exact) mass is 374 g/mol. The fourth-order valence-electron chi connectivity index (χ4n) is 2.33. The van der Waals surface area contributed by atoms with Gasteiger partial charge in [-0.2, -0.15) is 0 Å². The second kappa shape index (κ2) is 6.97. The Morgan fingerprint density at radius 3 is 2.65 bits per heavy atom. The third-order valence-electron chi connectivity index (χ3n) is 3.71. The predicted molar refractivity (Wildman–Crippen MR) is 94.9 cm³/mol. The van der Waals surface area contributed by atoms with Crippen molar-refractivity contribution in [2.24, 2.45) is 0 Å². The van der Waals surface area contributed by atoms with Crippen molar-refractivity contribution in [2.75, 3.05) is 5.32 Å². The Bertz CT molecular complexity index is 1020. The molecular formula is C18H12ClFN2O4. The fraction of sp³-hybridized carbons (Fsp3) is 0.0556. The van der Waals surface area contributed by atoms with Gasteiger partial charge in [-0.15, -0.1) is 0 Å². The van der Waals surface area contributed by atoms with Crippen LogP contribution in [0.2, 0.25) is 5.02 Å². The molecule has 0 bridgehead atoms. The number of benzene rings is 2. The molecule has 0 aliphatic carbocycles. The summed E-state index contributed by atoms with van der Waals surface area (Å²) in [7, 11) is 0. The summed E-state index contributed by atoms with van der Waals surface area (Å²) >= 11 is 6.06. The van der Waals surface area contributed by atoms with Crippen LogP contribution in [0.25, 0.3) is 11.3 Å². The maximum Gasteiger partial charge on any atom is 0.291 e. The predicted octanol–water partition coefficient (Wildman–Crippen LogP) is 5.21. The Morgan fingerprint density at radius 1 is 1.19 bits per heavy atom. The Kier molecular flexibility index (Phi) is 4.73. The first-order valence-corrected chi connectivity index (χ1v) is 7.84. The van der Waals surface area contributed by atoms with Crippen molar-refractivity contribution in [3.05, 3.63) is 80.8 Å². The Hall–Kier alpha value is -3.19. The third kappa shape index (κ3) is 3.57. The molecule has 1 amide bonds. The molecule has 0 saturated carbocycles. The van der Waals surface area contributed by atoms with Crippen molar-refractivity contribution in [2.45, 2.75) is 6.92 Å². The zero-order valence-electron chi connectivity index (χ0n) is 13.5. The standard InChI is InChI=1S/C18H12ClFN2O4/c1-10-2-3-11(20)8-15(10)21-18(23)17-7-6-16(26-17)13-5-4-12(22(24)25)9-14(13)19/h2-9H,1H3,(H,21,23). The molecule has 6 nitrogen and oxygen atoms in total. The number of hydrogen-bond donors (Lipinski definition) is 1. The molecule has 8 heteroatoms. The molecule has 0 spiro atoms. The van der Waals surface area contributed by atoms with Crippen LogP contribution in [0, 0.1) is 22.9 Å². The lowest BCUT2D eigenvalue weighted by atomic mass is 10.1. The number of nitrogens with zero attached hydrogens (tertiary/aromatic N) is 1. The van der Waals surface area contributed by atoms with E-state index >= 15 is 0 Å². The quantitative estimate of drug-likeness (QED) is 0.502. The van der Waals surface area contributed by atoms with Gasteiger partial charge in [0, 0.05) is 23.4 Å². The Morgan fingerprint density at radius 2 is 1.96 bits per heavy atom. The van der Waals surface area contributed by atoms with E-state index in [0.29, 0.717) is 16.8 Å². The fourth-order valence-corrected chi connectivity index (χ4v) is 2.60. The molecule has 2 aromatic carbocycles. The number of carbonyl (C=O) groups is 1. The number of aryl methyl sites for hydroxylation is 1. The molecule has 0 unspecified atom stereocenters. The highest BCUT2D eigenvalue weighted by atomic mass is 35.5. The Balaban J connectivity index is 1.84. The number of hydrogen-bond acceptors (Lipinski definition) is 4. The lowest BCUT2D eigenvalue weighted by Crippen LogP contribution is -2.12. The first-order valence-electron chi connectivity index (χ1n) is 7.47. The first-order chi connectivity index (χ1) is 12.3. The number of non-ortho nitro benzene ring substituents is 1. The molecule has 1 N–H and O–H groups in total. The molecule has 0 radical (unpaired) electrons. The molecule has 1 heterocycles. The van der Waals surface area contributed by atoms with Gasteiger partial charge in [0.2, 0.25) is 0 Å². The van der Waals surface area contributed by atoms with E-state index in [4.69, 9.17) is 16.0 Å². The van der Waals surface area contributed by atoms with E-state index in [0.717, 1.165) is 0 Å². The zero-order valence-corrected chi connectivity index (χ0v) is 14.2. The number of nitro groups is 1. The summed E-state index contributed by atoms with van der Waals surface area (Å²) in [6.07, 6.45) is 0. The van der Waals surface area contributed by atoms with Gasteiger partial charge >= 0.3 is 0 Å². The molecule has 3 rings (SSSR count). The van der Waals surface area contributed by atoms with Crippen LogP contribution in [-0.2, 0) is 0 Å². The summed E-state index contributed by atoms with van der Waals surface area (Å²) < 4.78 is 18.8. The molecule has 1 aromatic heterocycles. The Labute approximate surface area is 152 Å². The highest BCUT2D eigenvalue weighted by Gasteiger charge is 2.17. The lowest BCUT2D eigenvalue weighted by molar-refractivity contribution is -0.384. The second-order valence-corrected chi connectivity index (χ2v) is 5.91. The highest BCUT2D eigenvalue weighted by Crippen LogP contribution is 2.32. The van der Waals surface area contributed by atoms with Crippen molar-refractivity contribution < 1.29 is 18.5 Å². The zero-order chi connectivity index (χ0) is 18.8. The van der Waals surface area contributed by atoms with Crippen LogP contribution in [0.3, 0.4) is 0 Å². The molecular weight excluding hydrogens is 363 g/mol. The van der Waals surface area contributed by atoms with Gasteiger partial charge in [0.25, 0.3) is 11.6 Å². The summed E-state index contributed by atoms with van der Waals surface area (Å²) in [6.45, 7) is 1.74. The number of amides is 1. The van der Waals surface area contributed by atoms with E-state index < -0.39 is 16.6 Å². The summed E-state index contributed by atoms with van der Waals surface area (Å²) in [5.74, 6) is -0.740. The summed E-state index contributed by atoms with van der Waals surface area (Å²) in [5, 5.41) is 13.5. The van der Waals surface area contributed by atoms with Gasteiger partial charge in [-0.05, 0) is 42.8 Å². The van der Waals surface area contributed by atoms with Gasteiger partial charge in [0.05, 0.1) is 9.95 Å². The van der Waals surface area contributed by atoms with E-state index in [-0.39, 0.29) is 22.2 Å². The average molecular weight is 375 g/mol. The number of rotatable bonds is 4.